The average Bonchev–Trinajstić information content (AvgIpc) is 2.71. The molecule has 0 saturated heterocycles. The van der Waals surface area contributed by atoms with E-state index in [4.69, 9.17) is 0 Å². The van der Waals surface area contributed by atoms with Gasteiger partial charge in [-0.25, -0.2) is 9.66 Å². The smallest absolute Gasteiger partial charge is 0.0900 e. The first kappa shape index (κ1) is 8.19. The van der Waals surface area contributed by atoms with Crippen molar-refractivity contribution in [3.8, 4) is 0 Å². The van der Waals surface area contributed by atoms with Crippen molar-refractivity contribution in [3.63, 3.8) is 0 Å². The van der Waals surface area contributed by atoms with Crippen LogP contribution in [0.15, 0.2) is 35.8 Å². The number of hydrogen-bond donors (Lipinski definition) is 0. The zero-order valence-electron chi connectivity index (χ0n) is 7.21. The van der Waals surface area contributed by atoms with Crippen LogP contribution in [-0.4, -0.2) is 15.9 Å². The van der Waals surface area contributed by atoms with Crippen molar-refractivity contribution < 1.29 is 0 Å². The maximum atomic E-state index is 4.21. The van der Waals surface area contributed by atoms with Gasteiger partial charge in [0.1, 0.15) is 0 Å². The monoisotopic (exact) mass is 191 g/mol. The Balaban J connectivity index is 2.14. The second-order valence-corrected chi connectivity index (χ2v) is 3.86. The summed E-state index contributed by atoms with van der Waals surface area (Å²) in [4.78, 5) is 5.21. The maximum Gasteiger partial charge on any atom is 0.0900 e. The van der Waals surface area contributed by atoms with E-state index in [9.17, 15) is 0 Å². The summed E-state index contributed by atoms with van der Waals surface area (Å²) in [5.41, 5.74) is 0. The Hall–Kier alpha value is -1.42. The molecule has 2 aromatic heterocycles. The van der Waals surface area contributed by atoms with Crippen LogP contribution in [0.3, 0.4) is 0 Å². The second kappa shape index (κ2) is 3.53. The lowest BCUT2D eigenvalue weighted by atomic mass is 10.6. The fraction of sp³-hybridized carbons (Fsp3) is 0.111. The Bertz CT molecular complexity index is 400. The molecule has 0 aliphatic heterocycles. The summed E-state index contributed by atoms with van der Waals surface area (Å²) in [5.74, 6) is 0. The Labute approximate surface area is 80.4 Å². The van der Waals surface area contributed by atoms with Crippen LogP contribution in [0, 0.1) is 6.92 Å². The largest absolute Gasteiger partial charge is 0.249 e. The molecule has 0 unspecified atom stereocenters. The standard InChI is InChI=1S/C9H9N3S/c1-8-10-6-9(13-8)7-11-12-4-2-3-5-12/h2-7H,1H3/b11-7+. The lowest BCUT2D eigenvalue weighted by molar-refractivity contribution is 0.895. The van der Waals surface area contributed by atoms with E-state index in [2.05, 4.69) is 10.1 Å². The number of hydrogen-bond acceptors (Lipinski definition) is 3. The first-order valence-electron chi connectivity index (χ1n) is 3.94. The van der Waals surface area contributed by atoms with Gasteiger partial charge in [0, 0.05) is 18.6 Å². The molecule has 0 saturated carbocycles. The minimum absolute atomic E-state index is 1.06. The summed E-state index contributed by atoms with van der Waals surface area (Å²) in [6.07, 6.45) is 7.42. The SMILES string of the molecule is Cc1ncc(/C=N/n2cccc2)s1. The van der Waals surface area contributed by atoms with Gasteiger partial charge in [0.15, 0.2) is 0 Å². The molecule has 2 aromatic rings. The zero-order chi connectivity index (χ0) is 9.10. The molecular formula is C9H9N3S. The van der Waals surface area contributed by atoms with Gasteiger partial charge in [0.25, 0.3) is 0 Å². The Morgan fingerprint density at radius 2 is 2.23 bits per heavy atom. The van der Waals surface area contributed by atoms with Crippen molar-refractivity contribution in [1.29, 1.82) is 0 Å². The van der Waals surface area contributed by atoms with Gasteiger partial charge >= 0.3 is 0 Å². The first-order valence-corrected chi connectivity index (χ1v) is 4.76. The van der Waals surface area contributed by atoms with Crippen LogP contribution >= 0.6 is 11.3 Å². The molecule has 0 amide bonds. The van der Waals surface area contributed by atoms with E-state index in [1.807, 2.05) is 43.9 Å². The number of thiazole rings is 1. The molecule has 2 rings (SSSR count). The van der Waals surface area contributed by atoms with Gasteiger partial charge in [-0.1, -0.05) is 0 Å². The summed E-state index contributed by atoms with van der Waals surface area (Å²) >= 11 is 1.64. The first-order chi connectivity index (χ1) is 6.34. The van der Waals surface area contributed by atoms with E-state index in [0.29, 0.717) is 0 Å². The number of nitrogens with zero attached hydrogens (tertiary/aromatic N) is 3. The van der Waals surface area contributed by atoms with Gasteiger partial charge in [0.05, 0.1) is 16.1 Å². The molecular weight excluding hydrogens is 182 g/mol. The maximum absolute atomic E-state index is 4.21. The highest BCUT2D eigenvalue weighted by Gasteiger charge is 1.92. The van der Waals surface area contributed by atoms with E-state index in [1.54, 1.807) is 16.0 Å². The molecule has 3 nitrogen and oxygen atoms in total. The summed E-state index contributed by atoms with van der Waals surface area (Å²) in [6.45, 7) is 1.98. The van der Waals surface area contributed by atoms with Crippen LogP contribution in [0.4, 0.5) is 0 Å². The van der Waals surface area contributed by atoms with Crippen LogP contribution in [0.25, 0.3) is 0 Å². The molecule has 0 aliphatic rings. The van der Waals surface area contributed by atoms with Crippen LogP contribution in [0.5, 0.6) is 0 Å². The normalized spacial score (nSPS) is 11.2. The number of aromatic nitrogens is 2. The van der Waals surface area contributed by atoms with Crippen LogP contribution in [0.1, 0.15) is 9.88 Å². The lowest BCUT2D eigenvalue weighted by Gasteiger charge is -1.88. The van der Waals surface area contributed by atoms with Gasteiger partial charge in [-0.15, -0.1) is 11.3 Å². The molecule has 0 aliphatic carbocycles. The Kier molecular flexibility index (Phi) is 2.23. The molecule has 0 radical (unpaired) electrons. The predicted molar refractivity (Wildman–Crippen MR) is 54.3 cm³/mol. The Morgan fingerprint density at radius 3 is 2.85 bits per heavy atom. The molecule has 0 N–H and O–H groups in total. The van der Waals surface area contributed by atoms with Crippen LogP contribution in [0.2, 0.25) is 0 Å². The molecule has 4 heteroatoms. The molecule has 0 bridgehead atoms. The summed E-state index contributed by atoms with van der Waals surface area (Å²) < 4.78 is 1.76. The molecule has 13 heavy (non-hydrogen) atoms. The zero-order valence-corrected chi connectivity index (χ0v) is 8.03. The quantitative estimate of drug-likeness (QED) is 0.669. The predicted octanol–water partition coefficient (Wildman–Crippen LogP) is 2.14. The third kappa shape index (κ3) is 2.03. The van der Waals surface area contributed by atoms with E-state index < -0.39 is 0 Å². The minimum Gasteiger partial charge on any atom is -0.249 e. The van der Waals surface area contributed by atoms with Crippen LogP contribution in [-0.2, 0) is 0 Å². The molecule has 2 heterocycles. The van der Waals surface area contributed by atoms with E-state index in [-0.39, 0.29) is 0 Å². The fourth-order valence-electron chi connectivity index (χ4n) is 0.963. The van der Waals surface area contributed by atoms with Gasteiger partial charge in [-0.3, -0.25) is 0 Å². The van der Waals surface area contributed by atoms with Gasteiger partial charge in [-0.05, 0) is 19.1 Å². The van der Waals surface area contributed by atoms with E-state index in [0.717, 1.165) is 9.88 Å². The second-order valence-electron chi connectivity index (χ2n) is 2.59. The highest BCUT2D eigenvalue weighted by Crippen LogP contribution is 2.08. The molecule has 0 spiro atoms. The highest BCUT2D eigenvalue weighted by molar-refractivity contribution is 7.13. The van der Waals surface area contributed by atoms with Gasteiger partial charge in [-0.2, -0.15) is 5.10 Å². The molecule has 0 aromatic carbocycles. The number of rotatable bonds is 2. The van der Waals surface area contributed by atoms with Gasteiger partial charge < -0.3 is 0 Å². The van der Waals surface area contributed by atoms with Crippen molar-refractivity contribution in [2.75, 3.05) is 0 Å². The number of aryl methyl sites for hydroxylation is 1. The fourth-order valence-corrected chi connectivity index (χ4v) is 1.62. The van der Waals surface area contributed by atoms with Crippen molar-refractivity contribution in [3.05, 3.63) is 40.6 Å². The summed E-state index contributed by atoms with van der Waals surface area (Å²) in [6, 6.07) is 3.88. The van der Waals surface area contributed by atoms with Crippen molar-refractivity contribution in [2.24, 2.45) is 5.10 Å². The minimum atomic E-state index is 1.06. The van der Waals surface area contributed by atoms with Crippen LogP contribution < -0.4 is 0 Å². The summed E-state index contributed by atoms with van der Waals surface area (Å²) in [7, 11) is 0. The van der Waals surface area contributed by atoms with E-state index >= 15 is 0 Å². The van der Waals surface area contributed by atoms with Gasteiger partial charge in [0.2, 0.25) is 0 Å². The third-order valence-electron chi connectivity index (χ3n) is 1.55. The molecule has 0 fully saturated rings. The molecule has 0 atom stereocenters. The molecule has 66 valence electrons. The van der Waals surface area contributed by atoms with Crippen molar-refractivity contribution in [1.82, 2.24) is 9.66 Å². The van der Waals surface area contributed by atoms with E-state index in [1.165, 1.54) is 0 Å². The Morgan fingerprint density at radius 1 is 1.46 bits per heavy atom. The average molecular weight is 191 g/mol. The highest BCUT2D eigenvalue weighted by atomic mass is 32.1. The third-order valence-corrected chi connectivity index (χ3v) is 2.39. The lowest BCUT2D eigenvalue weighted by Crippen LogP contribution is -1.83. The summed E-state index contributed by atoms with van der Waals surface area (Å²) in [5, 5.41) is 5.28. The van der Waals surface area contributed by atoms with Crippen molar-refractivity contribution >= 4 is 17.6 Å². The topological polar surface area (TPSA) is 30.2 Å². The van der Waals surface area contributed by atoms with Crippen molar-refractivity contribution in [2.45, 2.75) is 6.92 Å².